The summed E-state index contributed by atoms with van der Waals surface area (Å²) in [5.41, 5.74) is 6.41. The van der Waals surface area contributed by atoms with E-state index in [1.54, 1.807) is 19.4 Å². The van der Waals surface area contributed by atoms with Gasteiger partial charge in [0.05, 0.1) is 12.3 Å². The first-order valence-corrected chi connectivity index (χ1v) is 14.5. The molecule has 1 amide bonds. The van der Waals surface area contributed by atoms with Gasteiger partial charge < -0.3 is 10.1 Å². The molecule has 2 N–H and O–H groups in total. The average Bonchev–Trinajstić information content (AvgIpc) is 3.57. The number of aryl methyl sites for hydroxylation is 1. The first-order valence-electron chi connectivity index (χ1n) is 14.5. The number of ketones is 1. The molecule has 1 atom stereocenters. The summed E-state index contributed by atoms with van der Waals surface area (Å²) in [6, 6.07) is 10.2. The monoisotopic (exact) mass is 554 g/mol. The second-order valence-electron chi connectivity index (χ2n) is 11.5. The number of nitrogens with zero attached hydrogens (tertiary/aromatic N) is 2. The fraction of sp³-hybridized carbons (Fsp3) is 0.394. The molecule has 212 valence electrons. The minimum absolute atomic E-state index is 0.0924. The Morgan fingerprint density at radius 3 is 2.78 bits per heavy atom. The molecule has 3 aliphatic carbocycles. The van der Waals surface area contributed by atoms with Crippen molar-refractivity contribution in [1.82, 2.24) is 20.5 Å². The van der Waals surface area contributed by atoms with Gasteiger partial charge in [0, 0.05) is 54.6 Å². The van der Waals surface area contributed by atoms with Gasteiger partial charge in [0.25, 0.3) is 5.91 Å². The molecule has 0 saturated heterocycles. The van der Waals surface area contributed by atoms with E-state index in [4.69, 9.17) is 4.74 Å². The SMILES string of the molecule is COCCNC(=O)c1n[nH]c2c1C(C=Cc1ccc(-c3cccc(F)c3)cn1)C1=C(CC2)CC2(CCCC2)CC1=O. The van der Waals surface area contributed by atoms with Crippen molar-refractivity contribution >= 4 is 17.8 Å². The molecule has 6 rings (SSSR count). The molecule has 2 heterocycles. The van der Waals surface area contributed by atoms with Gasteiger partial charge in [-0.1, -0.05) is 42.7 Å². The molecule has 1 spiro atoms. The number of halogens is 1. The molecule has 1 fully saturated rings. The Balaban J connectivity index is 1.37. The Morgan fingerprint density at radius 1 is 1.17 bits per heavy atom. The lowest BCUT2D eigenvalue weighted by molar-refractivity contribution is -0.118. The predicted octanol–water partition coefficient (Wildman–Crippen LogP) is 5.95. The number of rotatable bonds is 7. The zero-order valence-electron chi connectivity index (χ0n) is 23.3. The number of hydrogen-bond acceptors (Lipinski definition) is 5. The van der Waals surface area contributed by atoms with Gasteiger partial charge in [-0.3, -0.25) is 19.7 Å². The number of Topliss-reactive ketones (excluding diaryl/α,β-unsaturated/α-hetero) is 1. The number of benzene rings is 1. The number of fused-ring (bicyclic) bond motifs is 1. The molecular weight excluding hydrogens is 519 g/mol. The van der Waals surface area contributed by atoms with Crippen molar-refractivity contribution in [3.8, 4) is 11.1 Å². The van der Waals surface area contributed by atoms with Gasteiger partial charge in [-0.05, 0) is 67.4 Å². The van der Waals surface area contributed by atoms with E-state index in [9.17, 15) is 14.0 Å². The van der Waals surface area contributed by atoms with Crippen LogP contribution in [0.4, 0.5) is 4.39 Å². The number of aromatic nitrogens is 3. The topological polar surface area (TPSA) is 97.0 Å². The van der Waals surface area contributed by atoms with Crippen molar-refractivity contribution in [1.29, 1.82) is 0 Å². The fourth-order valence-electron chi connectivity index (χ4n) is 6.92. The highest BCUT2D eigenvalue weighted by Gasteiger charge is 2.45. The van der Waals surface area contributed by atoms with Crippen LogP contribution >= 0.6 is 0 Å². The third-order valence-corrected chi connectivity index (χ3v) is 8.86. The number of nitrogens with one attached hydrogen (secondary N) is 2. The zero-order chi connectivity index (χ0) is 28.4. The van der Waals surface area contributed by atoms with E-state index in [1.165, 1.54) is 30.5 Å². The van der Waals surface area contributed by atoms with Crippen LogP contribution < -0.4 is 5.32 Å². The van der Waals surface area contributed by atoms with Gasteiger partial charge in [-0.25, -0.2) is 4.39 Å². The lowest BCUT2D eigenvalue weighted by Crippen LogP contribution is -2.31. The van der Waals surface area contributed by atoms with Crippen LogP contribution in [0.2, 0.25) is 0 Å². The largest absolute Gasteiger partial charge is 0.383 e. The first-order chi connectivity index (χ1) is 20.0. The molecule has 41 heavy (non-hydrogen) atoms. The van der Waals surface area contributed by atoms with Crippen molar-refractivity contribution in [3.63, 3.8) is 0 Å². The second-order valence-corrected chi connectivity index (χ2v) is 11.5. The molecule has 8 heteroatoms. The number of pyridine rings is 1. The summed E-state index contributed by atoms with van der Waals surface area (Å²) < 4.78 is 18.8. The lowest BCUT2D eigenvalue weighted by atomic mass is 9.67. The van der Waals surface area contributed by atoms with Crippen molar-refractivity contribution in [2.24, 2.45) is 5.41 Å². The summed E-state index contributed by atoms with van der Waals surface area (Å²) in [7, 11) is 1.59. The summed E-state index contributed by atoms with van der Waals surface area (Å²) >= 11 is 0. The standard InChI is InChI=1S/C33H35FN4O3/c1-41-16-15-35-32(40)31-30-26(11-10-25-9-7-23(20-36-25)21-5-4-6-24(34)17-21)29-22(8-12-27(30)37-38-31)18-33(19-28(29)39)13-2-3-14-33/h4-7,9-11,17,20,26H,2-3,8,12-16,18-19H2,1H3,(H,35,40)(H,37,38). The van der Waals surface area contributed by atoms with Crippen LogP contribution in [0, 0.1) is 11.2 Å². The van der Waals surface area contributed by atoms with Crippen LogP contribution in [0.5, 0.6) is 0 Å². The minimum Gasteiger partial charge on any atom is -0.383 e. The minimum atomic E-state index is -0.402. The van der Waals surface area contributed by atoms with Gasteiger partial charge >= 0.3 is 0 Å². The number of carbonyl (C=O) groups excluding carboxylic acids is 2. The quantitative estimate of drug-likeness (QED) is 0.352. The van der Waals surface area contributed by atoms with Crippen molar-refractivity contribution in [3.05, 3.63) is 88.3 Å². The Labute approximate surface area is 239 Å². The van der Waals surface area contributed by atoms with Crippen LogP contribution in [0.1, 0.15) is 78.3 Å². The molecule has 0 bridgehead atoms. The summed E-state index contributed by atoms with van der Waals surface area (Å²) in [5.74, 6) is -0.786. The Bertz CT molecular complexity index is 1520. The van der Waals surface area contributed by atoms with Crippen molar-refractivity contribution in [2.45, 2.75) is 57.3 Å². The molecule has 7 nitrogen and oxygen atoms in total. The summed E-state index contributed by atoms with van der Waals surface area (Å²) in [6.07, 6.45) is 13.2. The molecule has 0 radical (unpaired) electrons. The summed E-state index contributed by atoms with van der Waals surface area (Å²) in [6.45, 7) is 0.767. The average molecular weight is 555 g/mol. The number of ether oxygens (including phenoxy) is 1. The highest BCUT2D eigenvalue weighted by molar-refractivity contribution is 6.01. The highest BCUT2D eigenvalue weighted by Crippen LogP contribution is 2.53. The van der Waals surface area contributed by atoms with E-state index in [2.05, 4.69) is 20.5 Å². The fourth-order valence-corrected chi connectivity index (χ4v) is 6.92. The van der Waals surface area contributed by atoms with E-state index >= 15 is 0 Å². The van der Waals surface area contributed by atoms with Gasteiger partial charge in [-0.2, -0.15) is 5.10 Å². The number of amides is 1. The maximum absolute atomic E-state index is 13.9. The zero-order valence-corrected chi connectivity index (χ0v) is 23.3. The number of methoxy groups -OCH3 is 1. The molecular formula is C33H35FN4O3. The van der Waals surface area contributed by atoms with Crippen LogP contribution in [0.3, 0.4) is 0 Å². The number of hydrogen-bond donors (Lipinski definition) is 2. The van der Waals surface area contributed by atoms with E-state index in [-0.39, 0.29) is 22.9 Å². The van der Waals surface area contributed by atoms with Crippen molar-refractivity contribution in [2.75, 3.05) is 20.3 Å². The van der Waals surface area contributed by atoms with E-state index in [0.29, 0.717) is 37.4 Å². The van der Waals surface area contributed by atoms with Crippen LogP contribution in [0.25, 0.3) is 17.2 Å². The number of H-pyrrole nitrogens is 1. The predicted molar refractivity (Wildman–Crippen MR) is 155 cm³/mol. The van der Waals surface area contributed by atoms with Gasteiger partial charge in [-0.15, -0.1) is 0 Å². The first kappa shape index (κ1) is 27.3. The summed E-state index contributed by atoms with van der Waals surface area (Å²) in [4.78, 5) is 31.7. The van der Waals surface area contributed by atoms with Crippen LogP contribution in [-0.2, 0) is 16.0 Å². The van der Waals surface area contributed by atoms with Crippen molar-refractivity contribution < 1.29 is 18.7 Å². The molecule has 0 aliphatic heterocycles. The molecule has 3 aliphatic rings. The van der Waals surface area contributed by atoms with E-state index in [1.807, 2.05) is 30.4 Å². The third kappa shape index (κ3) is 5.53. The molecule has 1 saturated carbocycles. The smallest absolute Gasteiger partial charge is 0.272 e. The Morgan fingerprint density at radius 2 is 2.02 bits per heavy atom. The number of allylic oxidation sites excluding steroid dienone is 3. The lowest BCUT2D eigenvalue weighted by Gasteiger charge is -2.36. The van der Waals surface area contributed by atoms with Crippen LogP contribution in [0.15, 0.2) is 59.8 Å². The van der Waals surface area contributed by atoms with Gasteiger partial charge in [0.1, 0.15) is 5.82 Å². The Kier molecular flexibility index (Phi) is 7.67. The maximum atomic E-state index is 13.9. The normalized spacial score (nSPS) is 19.9. The van der Waals surface area contributed by atoms with E-state index in [0.717, 1.165) is 53.6 Å². The highest BCUT2D eigenvalue weighted by atomic mass is 19.1. The molecule has 2 aromatic heterocycles. The number of aromatic amines is 1. The second kappa shape index (κ2) is 11.5. The third-order valence-electron chi connectivity index (χ3n) is 8.86. The Hall–Kier alpha value is -3.91. The molecule has 3 aromatic rings. The maximum Gasteiger partial charge on any atom is 0.272 e. The summed E-state index contributed by atoms with van der Waals surface area (Å²) in [5, 5.41) is 10.4. The van der Waals surface area contributed by atoms with Gasteiger partial charge in [0.2, 0.25) is 0 Å². The molecule has 1 aromatic carbocycles. The van der Waals surface area contributed by atoms with Gasteiger partial charge in [0.15, 0.2) is 11.5 Å². The number of carbonyl (C=O) groups is 2. The molecule has 1 unspecified atom stereocenters. The van der Waals surface area contributed by atoms with Crippen LogP contribution in [-0.4, -0.2) is 47.1 Å². The van der Waals surface area contributed by atoms with E-state index < -0.39 is 5.92 Å².